The van der Waals surface area contributed by atoms with Crippen molar-refractivity contribution in [2.75, 3.05) is 26.9 Å². The second-order valence-electron chi connectivity index (χ2n) is 5.08. The molecule has 1 N–H and O–H groups in total. The maximum Gasteiger partial charge on any atom is 0.317 e. The van der Waals surface area contributed by atoms with Crippen LogP contribution in [0.3, 0.4) is 0 Å². The molecule has 1 aromatic carbocycles. The van der Waals surface area contributed by atoms with Crippen LogP contribution in [-0.4, -0.2) is 48.9 Å². The van der Waals surface area contributed by atoms with Gasteiger partial charge in [-0.1, -0.05) is 23.7 Å². The van der Waals surface area contributed by atoms with Gasteiger partial charge in [-0.3, -0.25) is 9.69 Å². The Kier molecular flexibility index (Phi) is 5.85. The predicted octanol–water partition coefficient (Wildman–Crippen LogP) is 2.41. The van der Waals surface area contributed by atoms with Gasteiger partial charge in [0.1, 0.15) is 5.75 Å². The number of hydrogen-bond acceptors (Lipinski definition) is 4. The molecule has 1 aliphatic heterocycles. The first kappa shape index (κ1) is 16.1. The number of halogens is 1. The van der Waals surface area contributed by atoms with Crippen molar-refractivity contribution >= 4 is 17.6 Å². The third-order valence-corrected chi connectivity index (χ3v) is 4.11. The fourth-order valence-corrected chi connectivity index (χ4v) is 2.86. The van der Waals surface area contributed by atoms with Crippen molar-refractivity contribution < 1.29 is 19.4 Å². The molecular weight excluding hydrogens is 294 g/mol. The number of hydrogen-bond donors (Lipinski definition) is 1. The SMILES string of the molecule is COc1cccc(CN(CC(=O)O)C2CCOCC2)c1Cl. The molecule has 116 valence electrons. The van der Waals surface area contributed by atoms with Gasteiger partial charge in [-0.15, -0.1) is 0 Å². The summed E-state index contributed by atoms with van der Waals surface area (Å²) in [5, 5.41) is 9.68. The first-order valence-electron chi connectivity index (χ1n) is 6.96. The Bertz CT molecular complexity index is 489. The van der Waals surface area contributed by atoms with Gasteiger partial charge in [0.2, 0.25) is 0 Å². The summed E-state index contributed by atoms with van der Waals surface area (Å²) in [4.78, 5) is 13.1. The highest BCUT2D eigenvalue weighted by molar-refractivity contribution is 6.32. The van der Waals surface area contributed by atoms with Crippen LogP contribution < -0.4 is 4.74 Å². The molecule has 0 bridgehead atoms. The second-order valence-corrected chi connectivity index (χ2v) is 5.45. The molecule has 1 aromatic rings. The molecule has 1 aliphatic rings. The lowest BCUT2D eigenvalue weighted by Gasteiger charge is -2.33. The molecule has 1 fully saturated rings. The molecule has 1 saturated heterocycles. The van der Waals surface area contributed by atoms with Gasteiger partial charge in [0.15, 0.2) is 0 Å². The molecule has 0 saturated carbocycles. The number of carbonyl (C=O) groups is 1. The fraction of sp³-hybridized carbons (Fsp3) is 0.533. The van der Waals surface area contributed by atoms with Gasteiger partial charge in [-0.2, -0.15) is 0 Å². The molecule has 5 nitrogen and oxygen atoms in total. The Morgan fingerprint density at radius 1 is 1.48 bits per heavy atom. The molecule has 0 radical (unpaired) electrons. The normalized spacial score (nSPS) is 16.1. The summed E-state index contributed by atoms with van der Waals surface area (Å²) in [6.07, 6.45) is 1.68. The van der Waals surface area contributed by atoms with Gasteiger partial charge >= 0.3 is 5.97 Å². The Morgan fingerprint density at radius 2 is 2.19 bits per heavy atom. The van der Waals surface area contributed by atoms with Crippen LogP contribution in [0.1, 0.15) is 18.4 Å². The molecule has 2 rings (SSSR count). The van der Waals surface area contributed by atoms with E-state index < -0.39 is 5.97 Å². The van der Waals surface area contributed by atoms with Crippen molar-refractivity contribution in [2.45, 2.75) is 25.4 Å². The summed E-state index contributed by atoms with van der Waals surface area (Å²) in [6, 6.07) is 5.77. The van der Waals surface area contributed by atoms with E-state index in [-0.39, 0.29) is 12.6 Å². The molecule has 0 aromatic heterocycles. The van der Waals surface area contributed by atoms with Gasteiger partial charge in [0.05, 0.1) is 18.7 Å². The zero-order valence-electron chi connectivity index (χ0n) is 12.0. The van der Waals surface area contributed by atoms with Crippen molar-refractivity contribution in [3.63, 3.8) is 0 Å². The van der Waals surface area contributed by atoms with Gasteiger partial charge in [-0.25, -0.2) is 0 Å². The minimum absolute atomic E-state index is 0.00178. The van der Waals surface area contributed by atoms with Gasteiger partial charge < -0.3 is 14.6 Å². The third kappa shape index (κ3) is 4.33. The van der Waals surface area contributed by atoms with Crippen molar-refractivity contribution in [2.24, 2.45) is 0 Å². The topological polar surface area (TPSA) is 59.0 Å². The van der Waals surface area contributed by atoms with E-state index in [1.165, 1.54) is 0 Å². The average Bonchev–Trinajstić information content (AvgIpc) is 2.49. The van der Waals surface area contributed by atoms with Crippen LogP contribution in [0, 0.1) is 0 Å². The summed E-state index contributed by atoms with van der Waals surface area (Å²) in [5.41, 5.74) is 0.878. The second kappa shape index (κ2) is 7.64. The van der Waals surface area contributed by atoms with Crippen molar-refractivity contribution in [3.05, 3.63) is 28.8 Å². The van der Waals surface area contributed by atoms with Crippen LogP contribution in [-0.2, 0) is 16.1 Å². The standard InChI is InChI=1S/C15H20ClNO4/c1-20-13-4-2-3-11(15(13)16)9-17(10-14(18)19)12-5-7-21-8-6-12/h2-4,12H,5-10H2,1H3,(H,18,19). The molecule has 0 atom stereocenters. The smallest absolute Gasteiger partial charge is 0.317 e. The van der Waals surface area contributed by atoms with Crippen LogP contribution in [0.15, 0.2) is 18.2 Å². The van der Waals surface area contributed by atoms with Crippen LogP contribution >= 0.6 is 11.6 Å². The first-order chi connectivity index (χ1) is 10.1. The molecular formula is C15H20ClNO4. The van der Waals surface area contributed by atoms with E-state index in [0.29, 0.717) is 30.5 Å². The maximum absolute atomic E-state index is 11.1. The highest BCUT2D eigenvalue weighted by Crippen LogP contribution is 2.29. The summed E-state index contributed by atoms with van der Waals surface area (Å²) in [6.45, 7) is 1.84. The molecule has 6 heteroatoms. The molecule has 0 amide bonds. The summed E-state index contributed by atoms with van der Waals surface area (Å²) in [7, 11) is 1.57. The van der Waals surface area contributed by atoms with Gasteiger partial charge in [-0.05, 0) is 24.5 Å². The van der Waals surface area contributed by atoms with E-state index in [1.807, 2.05) is 17.0 Å². The fourth-order valence-electron chi connectivity index (χ4n) is 2.59. The van der Waals surface area contributed by atoms with Crippen molar-refractivity contribution in [3.8, 4) is 5.75 Å². The lowest BCUT2D eigenvalue weighted by atomic mass is 10.1. The molecule has 0 aliphatic carbocycles. The highest BCUT2D eigenvalue weighted by atomic mass is 35.5. The van der Waals surface area contributed by atoms with E-state index in [1.54, 1.807) is 13.2 Å². The summed E-state index contributed by atoms with van der Waals surface area (Å²) >= 11 is 6.30. The Balaban J connectivity index is 2.15. The van der Waals surface area contributed by atoms with E-state index in [9.17, 15) is 4.79 Å². The molecule has 0 spiro atoms. The van der Waals surface area contributed by atoms with Crippen molar-refractivity contribution in [1.29, 1.82) is 0 Å². The van der Waals surface area contributed by atoms with E-state index in [0.717, 1.165) is 18.4 Å². The zero-order chi connectivity index (χ0) is 15.2. The largest absolute Gasteiger partial charge is 0.495 e. The molecule has 21 heavy (non-hydrogen) atoms. The number of rotatable bonds is 6. The zero-order valence-corrected chi connectivity index (χ0v) is 12.8. The van der Waals surface area contributed by atoms with Gasteiger partial charge in [0, 0.05) is 25.8 Å². The van der Waals surface area contributed by atoms with E-state index >= 15 is 0 Å². The number of methoxy groups -OCH3 is 1. The minimum atomic E-state index is -0.833. The van der Waals surface area contributed by atoms with Crippen LogP contribution in [0.2, 0.25) is 5.02 Å². The number of carboxylic acids is 1. The lowest BCUT2D eigenvalue weighted by Crippen LogP contribution is -2.41. The van der Waals surface area contributed by atoms with Crippen molar-refractivity contribution in [1.82, 2.24) is 4.90 Å². The van der Waals surface area contributed by atoms with Gasteiger partial charge in [0.25, 0.3) is 0 Å². The predicted molar refractivity (Wildman–Crippen MR) is 79.9 cm³/mol. The summed E-state index contributed by atoms with van der Waals surface area (Å²) in [5.74, 6) is -0.225. The summed E-state index contributed by atoms with van der Waals surface area (Å²) < 4.78 is 10.6. The van der Waals surface area contributed by atoms with Crippen LogP contribution in [0.4, 0.5) is 0 Å². The Morgan fingerprint density at radius 3 is 2.81 bits per heavy atom. The number of carboxylic acid groups (broad SMARTS) is 1. The monoisotopic (exact) mass is 313 g/mol. The first-order valence-corrected chi connectivity index (χ1v) is 7.34. The number of ether oxygens (including phenoxy) is 2. The molecule has 1 heterocycles. The van der Waals surface area contributed by atoms with Crippen LogP contribution in [0.25, 0.3) is 0 Å². The van der Waals surface area contributed by atoms with E-state index in [2.05, 4.69) is 0 Å². The third-order valence-electron chi connectivity index (χ3n) is 3.68. The number of nitrogens with zero attached hydrogens (tertiary/aromatic N) is 1. The Labute approximate surface area is 129 Å². The Hall–Kier alpha value is -1.30. The average molecular weight is 314 g/mol. The minimum Gasteiger partial charge on any atom is -0.495 e. The van der Waals surface area contributed by atoms with E-state index in [4.69, 9.17) is 26.2 Å². The lowest BCUT2D eigenvalue weighted by molar-refractivity contribution is -0.139. The van der Waals surface area contributed by atoms with Crippen LogP contribution in [0.5, 0.6) is 5.75 Å². The molecule has 0 unspecified atom stereocenters. The number of aliphatic carboxylic acids is 1. The maximum atomic E-state index is 11.1. The number of benzene rings is 1. The quantitative estimate of drug-likeness (QED) is 0.874. The highest BCUT2D eigenvalue weighted by Gasteiger charge is 2.24.